The van der Waals surface area contributed by atoms with E-state index in [-0.39, 0.29) is 29.0 Å². The zero-order valence-corrected chi connectivity index (χ0v) is 19.5. The van der Waals surface area contributed by atoms with Crippen molar-refractivity contribution < 1.29 is 22.7 Å². The number of amides is 1. The van der Waals surface area contributed by atoms with Crippen LogP contribution in [0.3, 0.4) is 0 Å². The first-order chi connectivity index (χ1) is 15.0. The molecule has 7 nitrogen and oxygen atoms in total. The molecule has 1 fully saturated rings. The Morgan fingerprint density at radius 3 is 2.71 bits per heavy atom. The summed E-state index contributed by atoms with van der Waals surface area (Å²) in [5.74, 6) is 0.304. The molecule has 1 aromatic heterocycles. The number of morpholine rings is 1. The van der Waals surface area contributed by atoms with Gasteiger partial charge in [-0.2, -0.15) is 4.31 Å². The number of hydrogen-bond acceptors (Lipinski definition) is 6. The molecule has 2 aliphatic heterocycles. The maximum absolute atomic E-state index is 13.2. The van der Waals surface area contributed by atoms with Crippen LogP contribution in [0.1, 0.15) is 35.4 Å². The van der Waals surface area contributed by atoms with Gasteiger partial charge in [0.15, 0.2) is 0 Å². The van der Waals surface area contributed by atoms with Crippen LogP contribution in [0.15, 0.2) is 34.5 Å². The van der Waals surface area contributed by atoms with Gasteiger partial charge in [0.05, 0.1) is 32.8 Å². The lowest BCUT2D eigenvalue weighted by Gasteiger charge is -2.35. The number of hydrogen-bond donors (Lipinski definition) is 0. The zero-order valence-electron chi connectivity index (χ0n) is 17.9. The predicted octanol–water partition coefficient (Wildman–Crippen LogP) is 2.86. The molecule has 9 heteroatoms. The molecule has 0 bridgehead atoms. The molecule has 31 heavy (non-hydrogen) atoms. The molecule has 1 atom stereocenters. The molecule has 1 aromatic carbocycles. The van der Waals surface area contributed by atoms with Crippen LogP contribution in [0.4, 0.5) is 0 Å². The van der Waals surface area contributed by atoms with Gasteiger partial charge in [0.1, 0.15) is 10.6 Å². The van der Waals surface area contributed by atoms with Crippen molar-refractivity contribution in [2.24, 2.45) is 0 Å². The first-order valence-electron chi connectivity index (χ1n) is 10.6. The monoisotopic (exact) mass is 464 g/mol. The fourth-order valence-corrected chi connectivity index (χ4v) is 6.91. The molecule has 0 saturated carbocycles. The molecular formula is C22H28N2O5S2. The van der Waals surface area contributed by atoms with E-state index in [1.165, 1.54) is 21.9 Å². The number of methoxy groups -OCH3 is 1. The van der Waals surface area contributed by atoms with Gasteiger partial charge in [0.2, 0.25) is 15.9 Å². The summed E-state index contributed by atoms with van der Waals surface area (Å²) < 4.78 is 38.4. The van der Waals surface area contributed by atoms with Gasteiger partial charge in [-0.1, -0.05) is 13.0 Å². The van der Waals surface area contributed by atoms with Crippen molar-refractivity contribution in [3.8, 4) is 5.75 Å². The number of benzene rings is 1. The highest BCUT2D eigenvalue weighted by Gasteiger charge is 2.32. The minimum absolute atomic E-state index is 0.0172. The first kappa shape index (κ1) is 22.3. The number of fused-ring (bicyclic) bond motifs is 1. The smallest absolute Gasteiger partial charge is 0.246 e. The van der Waals surface area contributed by atoms with Crippen LogP contribution >= 0.6 is 11.3 Å². The summed E-state index contributed by atoms with van der Waals surface area (Å²) in [6, 6.07) is 7.20. The number of carbonyl (C=O) groups is 1. The third-order valence-electron chi connectivity index (χ3n) is 5.97. The van der Waals surface area contributed by atoms with Gasteiger partial charge in [-0.3, -0.25) is 4.79 Å². The standard InChI is InChI=1S/C22H28N2O5S2/c1-3-18-17-7-13-30-20(17)6-8-24(18)22(25)15-16-4-5-19(28-2)21(14-16)31(26,27)23-9-11-29-12-10-23/h4-5,7,13-14,18H,3,6,8-12,15H2,1-2H3/t18-/m0/s1. The Bertz CT molecular complexity index is 1040. The van der Waals surface area contributed by atoms with Gasteiger partial charge in [0, 0.05) is 24.5 Å². The average molecular weight is 465 g/mol. The number of ether oxygens (including phenoxy) is 2. The maximum Gasteiger partial charge on any atom is 0.246 e. The van der Waals surface area contributed by atoms with Crippen LogP contribution in [0.5, 0.6) is 5.75 Å². The van der Waals surface area contributed by atoms with Crippen LogP contribution < -0.4 is 4.74 Å². The largest absolute Gasteiger partial charge is 0.495 e. The molecule has 0 N–H and O–H groups in total. The second-order valence-electron chi connectivity index (χ2n) is 7.74. The van der Waals surface area contributed by atoms with Gasteiger partial charge in [0.25, 0.3) is 0 Å². The Morgan fingerprint density at radius 1 is 1.23 bits per heavy atom. The Balaban J connectivity index is 1.58. The van der Waals surface area contributed by atoms with Crippen LogP contribution in [0.25, 0.3) is 0 Å². The van der Waals surface area contributed by atoms with Crippen LogP contribution in [0, 0.1) is 0 Å². The molecule has 0 spiro atoms. The molecule has 1 saturated heterocycles. The van der Waals surface area contributed by atoms with Gasteiger partial charge in [-0.05, 0) is 47.5 Å². The molecule has 4 rings (SSSR count). The van der Waals surface area contributed by atoms with E-state index >= 15 is 0 Å². The fourth-order valence-electron chi connectivity index (χ4n) is 4.37. The zero-order chi connectivity index (χ0) is 22.0. The second-order valence-corrected chi connectivity index (χ2v) is 10.6. The van der Waals surface area contributed by atoms with Crippen LogP contribution in [-0.2, 0) is 32.4 Å². The van der Waals surface area contributed by atoms with E-state index in [1.807, 2.05) is 4.90 Å². The van der Waals surface area contributed by atoms with Crippen molar-refractivity contribution in [1.82, 2.24) is 9.21 Å². The Hall–Kier alpha value is -1.94. The van der Waals surface area contributed by atoms with E-state index in [0.717, 1.165) is 12.8 Å². The molecule has 2 aliphatic rings. The number of rotatable bonds is 6. The van der Waals surface area contributed by atoms with Gasteiger partial charge >= 0.3 is 0 Å². The Labute approximate surface area is 187 Å². The van der Waals surface area contributed by atoms with Crippen molar-refractivity contribution >= 4 is 27.3 Å². The second kappa shape index (κ2) is 9.28. The van der Waals surface area contributed by atoms with Crippen molar-refractivity contribution in [2.45, 2.75) is 37.1 Å². The highest BCUT2D eigenvalue weighted by molar-refractivity contribution is 7.89. The van der Waals surface area contributed by atoms with E-state index in [0.29, 0.717) is 38.4 Å². The van der Waals surface area contributed by atoms with Crippen LogP contribution in [0.2, 0.25) is 0 Å². The Kier molecular flexibility index (Phi) is 6.66. The summed E-state index contributed by atoms with van der Waals surface area (Å²) in [6.45, 7) is 4.15. The minimum atomic E-state index is -3.73. The molecule has 3 heterocycles. The third-order valence-corrected chi connectivity index (χ3v) is 8.89. The summed E-state index contributed by atoms with van der Waals surface area (Å²) in [7, 11) is -2.28. The summed E-state index contributed by atoms with van der Waals surface area (Å²) in [5.41, 5.74) is 1.92. The highest BCUT2D eigenvalue weighted by atomic mass is 32.2. The van der Waals surface area contributed by atoms with Gasteiger partial charge in [-0.15, -0.1) is 11.3 Å². The van der Waals surface area contributed by atoms with Gasteiger partial charge < -0.3 is 14.4 Å². The van der Waals surface area contributed by atoms with E-state index in [4.69, 9.17) is 9.47 Å². The van der Waals surface area contributed by atoms with Gasteiger partial charge in [-0.25, -0.2) is 8.42 Å². The highest BCUT2D eigenvalue weighted by Crippen LogP contribution is 2.36. The topological polar surface area (TPSA) is 76.2 Å². The third kappa shape index (κ3) is 4.37. The van der Waals surface area contributed by atoms with E-state index < -0.39 is 10.0 Å². The number of sulfonamides is 1. The molecule has 0 unspecified atom stereocenters. The minimum Gasteiger partial charge on any atom is -0.495 e. The SMILES string of the molecule is CC[C@H]1c2ccsc2CCN1C(=O)Cc1ccc(OC)c(S(=O)(=O)N2CCOCC2)c1. The normalized spacial score (nSPS) is 19.8. The lowest BCUT2D eigenvalue weighted by molar-refractivity contribution is -0.133. The summed E-state index contributed by atoms with van der Waals surface area (Å²) in [5, 5.41) is 2.09. The lowest BCUT2D eigenvalue weighted by atomic mass is 9.97. The van der Waals surface area contributed by atoms with E-state index in [9.17, 15) is 13.2 Å². The van der Waals surface area contributed by atoms with E-state index in [2.05, 4.69) is 18.4 Å². The van der Waals surface area contributed by atoms with Crippen molar-refractivity contribution in [1.29, 1.82) is 0 Å². The van der Waals surface area contributed by atoms with E-state index in [1.54, 1.807) is 29.5 Å². The quantitative estimate of drug-likeness (QED) is 0.657. The molecular weight excluding hydrogens is 436 g/mol. The molecule has 0 radical (unpaired) electrons. The molecule has 1 amide bonds. The summed E-state index contributed by atoms with van der Waals surface area (Å²) in [4.78, 5) is 16.6. The number of nitrogens with zero attached hydrogens (tertiary/aromatic N) is 2. The average Bonchev–Trinajstić information content (AvgIpc) is 3.28. The fraction of sp³-hybridized carbons (Fsp3) is 0.500. The number of thiophene rings is 1. The van der Waals surface area contributed by atoms with Crippen molar-refractivity contribution in [3.05, 3.63) is 45.6 Å². The maximum atomic E-state index is 13.2. The lowest BCUT2D eigenvalue weighted by Crippen LogP contribution is -2.41. The first-order valence-corrected chi connectivity index (χ1v) is 12.9. The number of carbonyl (C=O) groups excluding carboxylic acids is 1. The molecule has 168 valence electrons. The summed E-state index contributed by atoms with van der Waals surface area (Å²) in [6.07, 6.45) is 1.88. The molecule has 0 aliphatic carbocycles. The predicted molar refractivity (Wildman–Crippen MR) is 119 cm³/mol. The molecule has 2 aromatic rings. The van der Waals surface area contributed by atoms with Crippen molar-refractivity contribution in [2.75, 3.05) is 40.0 Å². The van der Waals surface area contributed by atoms with Crippen molar-refractivity contribution in [3.63, 3.8) is 0 Å². The summed E-state index contributed by atoms with van der Waals surface area (Å²) >= 11 is 1.75. The van der Waals surface area contributed by atoms with Crippen LogP contribution in [-0.4, -0.2) is 63.5 Å². The Morgan fingerprint density at radius 2 is 2.00 bits per heavy atom.